The highest BCUT2D eigenvalue weighted by molar-refractivity contribution is 5.85. The van der Waals surface area contributed by atoms with E-state index in [0.717, 1.165) is 0 Å². The van der Waals surface area contributed by atoms with Crippen molar-refractivity contribution >= 4 is 18.4 Å². The summed E-state index contributed by atoms with van der Waals surface area (Å²) < 4.78 is 0. The van der Waals surface area contributed by atoms with E-state index in [1.807, 2.05) is 0 Å². The van der Waals surface area contributed by atoms with Gasteiger partial charge in [-0.25, -0.2) is 0 Å². The molecule has 108 valence electrons. The first-order chi connectivity index (χ1) is 8.08. The van der Waals surface area contributed by atoms with Crippen LogP contribution in [0, 0.1) is 5.41 Å². The quantitative estimate of drug-likeness (QED) is 0.636. The molecule has 0 radical (unpaired) electrons. The number of phenols is 2. The van der Waals surface area contributed by atoms with E-state index in [0.29, 0.717) is 5.56 Å². The minimum Gasteiger partial charge on any atom is -0.504 e. The topological polar surface area (TPSA) is 104 Å². The van der Waals surface area contributed by atoms with E-state index in [1.54, 1.807) is 26.8 Å². The van der Waals surface area contributed by atoms with Crippen molar-refractivity contribution < 1.29 is 20.1 Å². The van der Waals surface area contributed by atoms with Gasteiger partial charge in [-0.1, -0.05) is 26.8 Å². The van der Waals surface area contributed by atoms with Gasteiger partial charge in [0.15, 0.2) is 11.5 Å². The minimum atomic E-state index is -1.45. The molecule has 0 aliphatic carbocycles. The van der Waals surface area contributed by atoms with Crippen molar-refractivity contribution in [2.24, 2.45) is 11.1 Å². The van der Waals surface area contributed by atoms with Crippen molar-refractivity contribution in [2.45, 2.75) is 32.7 Å². The van der Waals surface area contributed by atoms with Crippen LogP contribution in [-0.2, 0) is 11.2 Å². The number of halogens is 1. The fraction of sp³-hybridized carbons (Fsp3) is 0.462. The Labute approximate surface area is 118 Å². The highest BCUT2D eigenvalue weighted by Gasteiger charge is 2.45. The van der Waals surface area contributed by atoms with Crippen molar-refractivity contribution in [1.82, 2.24) is 0 Å². The Balaban J connectivity index is 0.00000324. The second-order valence-electron chi connectivity index (χ2n) is 5.53. The van der Waals surface area contributed by atoms with Crippen LogP contribution in [0.25, 0.3) is 0 Å². The standard InChI is InChI=1S/C13H19NO4.ClH/c1-12(2,3)13(14,11(17)18)7-8-4-5-9(15)10(16)6-8;/h4-6,15-16H,7,14H2,1-3H3,(H,17,18);1H. The molecule has 0 aliphatic heterocycles. The third-order valence-electron chi connectivity index (χ3n) is 3.24. The lowest BCUT2D eigenvalue weighted by Gasteiger charge is -2.37. The van der Waals surface area contributed by atoms with Crippen molar-refractivity contribution in [3.05, 3.63) is 23.8 Å². The van der Waals surface area contributed by atoms with Gasteiger partial charge in [0.1, 0.15) is 5.54 Å². The number of benzene rings is 1. The van der Waals surface area contributed by atoms with Crippen LogP contribution in [0.2, 0.25) is 0 Å². The van der Waals surface area contributed by atoms with Crippen LogP contribution in [0.5, 0.6) is 11.5 Å². The van der Waals surface area contributed by atoms with Crippen LogP contribution in [0.1, 0.15) is 26.3 Å². The number of hydrogen-bond donors (Lipinski definition) is 4. The van der Waals surface area contributed by atoms with Gasteiger partial charge in [-0.15, -0.1) is 12.4 Å². The summed E-state index contributed by atoms with van der Waals surface area (Å²) in [5, 5.41) is 27.9. The summed E-state index contributed by atoms with van der Waals surface area (Å²) in [7, 11) is 0. The molecule has 0 spiro atoms. The molecule has 0 amide bonds. The average molecular weight is 290 g/mol. The highest BCUT2D eigenvalue weighted by atomic mass is 35.5. The number of rotatable bonds is 3. The van der Waals surface area contributed by atoms with Crippen LogP contribution in [0.3, 0.4) is 0 Å². The predicted molar refractivity (Wildman–Crippen MR) is 74.7 cm³/mol. The zero-order valence-electron chi connectivity index (χ0n) is 11.2. The van der Waals surface area contributed by atoms with Gasteiger partial charge in [-0.05, 0) is 23.1 Å². The lowest BCUT2D eigenvalue weighted by Crippen LogP contribution is -2.59. The molecule has 0 heterocycles. The second-order valence-corrected chi connectivity index (χ2v) is 5.53. The van der Waals surface area contributed by atoms with Gasteiger partial charge in [0.2, 0.25) is 0 Å². The van der Waals surface area contributed by atoms with Crippen LogP contribution >= 0.6 is 12.4 Å². The predicted octanol–water partition coefficient (Wildman–Crippen LogP) is 1.89. The molecule has 0 fully saturated rings. The SMILES string of the molecule is CC(C)(C)C(N)(Cc1ccc(O)c(O)c1)C(=O)O.Cl. The van der Waals surface area contributed by atoms with Crippen molar-refractivity contribution in [2.75, 3.05) is 0 Å². The highest BCUT2D eigenvalue weighted by Crippen LogP contribution is 2.33. The first-order valence-corrected chi connectivity index (χ1v) is 5.61. The van der Waals surface area contributed by atoms with E-state index in [4.69, 9.17) is 5.73 Å². The van der Waals surface area contributed by atoms with E-state index in [-0.39, 0.29) is 30.3 Å². The summed E-state index contributed by atoms with van der Waals surface area (Å²) in [6, 6.07) is 4.19. The van der Waals surface area contributed by atoms with Gasteiger partial charge in [-0.2, -0.15) is 0 Å². The second kappa shape index (κ2) is 5.67. The molecule has 5 N–H and O–H groups in total. The number of nitrogens with two attached hydrogens (primary N) is 1. The molecular weight excluding hydrogens is 270 g/mol. The average Bonchev–Trinajstić information content (AvgIpc) is 2.21. The Bertz CT molecular complexity index is 470. The molecule has 1 atom stereocenters. The van der Waals surface area contributed by atoms with Gasteiger partial charge in [0.25, 0.3) is 0 Å². The van der Waals surface area contributed by atoms with Gasteiger partial charge in [0.05, 0.1) is 0 Å². The van der Waals surface area contributed by atoms with Crippen LogP contribution in [0.4, 0.5) is 0 Å². The number of hydrogen-bond acceptors (Lipinski definition) is 4. The summed E-state index contributed by atoms with van der Waals surface area (Å²) in [6.45, 7) is 5.25. The van der Waals surface area contributed by atoms with Gasteiger partial charge in [-0.3, -0.25) is 4.79 Å². The van der Waals surface area contributed by atoms with Crippen LogP contribution < -0.4 is 5.73 Å². The Morgan fingerprint density at radius 1 is 1.21 bits per heavy atom. The Morgan fingerprint density at radius 3 is 2.11 bits per heavy atom. The van der Waals surface area contributed by atoms with E-state index >= 15 is 0 Å². The van der Waals surface area contributed by atoms with Gasteiger partial charge in [0, 0.05) is 6.42 Å². The third-order valence-corrected chi connectivity index (χ3v) is 3.24. The Kier molecular flexibility index (Phi) is 5.23. The monoisotopic (exact) mass is 289 g/mol. The maximum atomic E-state index is 11.4. The van der Waals surface area contributed by atoms with Gasteiger partial charge < -0.3 is 21.1 Å². The summed E-state index contributed by atoms with van der Waals surface area (Å²) in [6.07, 6.45) is 0.0691. The summed E-state index contributed by atoms with van der Waals surface area (Å²) in [4.78, 5) is 11.4. The van der Waals surface area contributed by atoms with Crippen LogP contribution in [-0.4, -0.2) is 26.8 Å². The molecule has 1 rings (SSSR count). The maximum absolute atomic E-state index is 11.4. The first kappa shape index (κ1) is 17.5. The number of aromatic hydroxyl groups is 2. The zero-order chi connectivity index (χ0) is 14.1. The van der Waals surface area contributed by atoms with Gasteiger partial charge >= 0.3 is 5.97 Å². The normalized spacial score (nSPS) is 14.3. The zero-order valence-corrected chi connectivity index (χ0v) is 12.0. The molecule has 19 heavy (non-hydrogen) atoms. The number of phenolic OH excluding ortho intramolecular Hbond substituents is 2. The molecule has 0 saturated carbocycles. The lowest BCUT2D eigenvalue weighted by molar-refractivity contribution is -0.147. The molecule has 0 bridgehead atoms. The van der Waals surface area contributed by atoms with E-state index in [2.05, 4.69) is 0 Å². The molecule has 0 aromatic heterocycles. The summed E-state index contributed by atoms with van der Waals surface area (Å²) >= 11 is 0. The smallest absolute Gasteiger partial charge is 0.324 e. The third kappa shape index (κ3) is 3.52. The molecule has 0 aliphatic rings. The van der Waals surface area contributed by atoms with Crippen molar-refractivity contribution in [3.63, 3.8) is 0 Å². The van der Waals surface area contributed by atoms with Crippen molar-refractivity contribution in [1.29, 1.82) is 0 Å². The lowest BCUT2D eigenvalue weighted by atomic mass is 9.71. The molecule has 6 heteroatoms. The number of carbonyl (C=O) groups is 1. The molecule has 0 saturated heterocycles. The molecule has 1 aromatic rings. The van der Waals surface area contributed by atoms with E-state index < -0.39 is 16.9 Å². The largest absolute Gasteiger partial charge is 0.504 e. The van der Waals surface area contributed by atoms with Crippen LogP contribution in [0.15, 0.2) is 18.2 Å². The van der Waals surface area contributed by atoms with E-state index in [9.17, 15) is 20.1 Å². The molecule has 5 nitrogen and oxygen atoms in total. The fourth-order valence-electron chi connectivity index (χ4n) is 1.66. The number of aliphatic carboxylic acids is 1. The summed E-state index contributed by atoms with van der Waals surface area (Å²) in [5.41, 5.74) is 4.46. The molecular formula is C13H20ClNO4. The summed E-state index contributed by atoms with van der Waals surface area (Å²) in [5.74, 6) is -1.62. The maximum Gasteiger partial charge on any atom is 0.324 e. The first-order valence-electron chi connectivity index (χ1n) is 5.61. The Hall–Kier alpha value is -1.46. The number of carboxylic acid groups (broad SMARTS) is 1. The van der Waals surface area contributed by atoms with E-state index in [1.165, 1.54) is 12.1 Å². The molecule has 1 unspecified atom stereocenters. The fourth-order valence-corrected chi connectivity index (χ4v) is 1.66. The van der Waals surface area contributed by atoms with Crippen molar-refractivity contribution in [3.8, 4) is 11.5 Å². The molecule has 1 aromatic carbocycles. The Morgan fingerprint density at radius 2 is 1.74 bits per heavy atom. The number of carboxylic acids is 1. The minimum absolute atomic E-state index is 0.